The fourth-order valence-corrected chi connectivity index (χ4v) is 7.51. The minimum Gasteiger partial charge on any atom is -0.390 e. The number of hydrogen-bond acceptors (Lipinski definition) is 6. The van der Waals surface area contributed by atoms with Crippen molar-refractivity contribution in [3.05, 3.63) is 173 Å². The summed E-state index contributed by atoms with van der Waals surface area (Å²) in [5, 5.41) is 19.9. The van der Waals surface area contributed by atoms with Crippen molar-refractivity contribution in [1.82, 2.24) is 15.6 Å². The zero-order valence-corrected chi connectivity index (χ0v) is 25.5. The van der Waals surface area contributed by atoms with E-state index < -0.39 is 5.54 Å². The van der Waals surface area contributed by atoms with Gasteiger partial charge in [-0.2, -0.15) is 4.99 Å². The lowest BCUT2D eigenvalue weighted by molar-refractivity contribution is -0.862. The highest BCUT2D eigenvalue weighted by Crippen LogP contribution is 2.50. The highest BCUT2D eigenvalue weighted by Gasteiger charge is 2.56. The molecule has 7 heteroatoms. The summed E-state index contributed by atoms with van der Waals surface area (Å²) in [5.41, 5.74) is 5.47. The molecule has 7 nitrogen and oxygen atoms in total. The first-order chi connectivity index (χ1) is 22.7. The summed E-state index contributed by atoms with van der Waals surface area (Å²) in [7, 11) is 0. The molecule has 5 atom stereocenters. The van der Waals surface area contributed by atoms with Gasteiger partial charge in [-0.15, -0.1) is 0 Å². The van der Waals surface area contributed by atoms with E-state index in [4.69, 9.17) is 15.0 Å². The molecule has 0 bridgehead atoms. The van der Waals surface area contributed by atoms with Crippen LogP contribution in [0.4, 0.5) is 0 Å². The minimum atomic E-state index is -0.882. The van der Waals surface area contributed by atoms with E-state index in [-0.39, 0.29) is 29.2 Å². The van der Waals surface area contributed by atoms with Crippen LogP contribution in [0.25, 0.3) is 10.9 Å². The van der Waals surface area contributed by atoms with Gasteiger partial charge in [-0.3, -0.25) is 4.98 Å². The van der Waals surface area contributed by atoms with Crippen molar-refractivity contribution in [2.45, 2.75) is 30.6 Å². The van der Waals surface area contributed by atoms with Gasteiger partial charge in [-0.1, -0.05) is 103 Å². The van der Waals surface area contributed by atoms with E-state index in [9.17, 15) is 5.11 Å². The number of nitrogens with one attached hydrogen (secondary N) is 2. The van der Waals surface area contributed by atoms with Gasteiger partial charge in [0.25, 0.3) is 5.82 Å². The van der Waals surface area contributed by atoms with Crippen LogP contribution >= 0.6 is 0 Å². The Hall–Kier alpha value is -5.37. The van der Waals surface area contributed by atoms with Crippen LogP contribution in [0.2, 0.25) is 0 Å². The number of nitrogens with zero attached hydrogens (tertiary/aromatic N) is 4. The second-order valence-electron chi connectivity index (χ2n) is 12.1. The van der Waals surface area contributed by atoms with E-state index in [0.717, 1.165) is 44.6 Å². The lowest BCUT2D eigenvalue weighted by atomic mass is 9.73. The molecule has 4 heterocycles. The van der Waals surface area contributed by atoms with Crippen LogP contribution in [0.15, 0.2) is 167 Å². The van der Waals surface area contributed by atoms with Gasteiger partial charge in [0, 0.05) is 28.9 Å². The Balaban J connectivity index is 1.38. The minimum absolute atomic E-state index is 0.0254. The molecule has 0 spiro atoms. The molecule has 3 aliphatic heterocycles. The second kappa shape index (κ2) is 11.2. The second-order valence-corrected chi connectivity index (χ2v) is 12.1. The van der Waals surface area contributed by atoms with Crippen molar-refractivity contribution < 1.29 is 9.59 Å². The number of allylic oxidation sites excluding steroid dienone is 4. The first-order valence-corrected chi connectivity index (χ1v) is 15.7. The van der Waals surface area contributed by atoms with Gasteiger partial charge in [-0.25, -0.2) is 9.48 Å². The first-order valence-electron chi connectivity index (χ1n) is 15.7. The number of hydrogen-bond donors (Lipinski definition) is 3. The Morgan fingerprint density at radius 3 is 2.48 bits per heavy atom. The third kappa shape index (κ3) is 4.24. The molecule has 0 saturated carbocycles. The third-order valence-corrected chi connectivity index (χ3v) is 9.82. The summed E-state index contributed by atoms with van der Waals surface area (Å²) in [4.78, 5) is 14.9. The predicted octanol–water partition coefficient (Wildman–Crippen LogP) is 6.49. The van der Waals surface area contributed by atoms with E-state index in [1.807, 2.05) is 61.3 Å². The number of fused-ring (bicyclic) bond motifs is 2. The molecule has 46 heavy (non-hydrogen) atoms. The van der Waals surface area contributed by atoms with Gasteiger partial charge in [0.1, 0.15) is 24.2 Å². The number of rotatable bonds is 7. The van der Waals surface area contributed by atoms with Gasteiger partial charge in [0.2, 0.25) is 5.82 Å². The number of dihydropyridines is 1. The maximum atomic E-state index is 11.3. The summed E-state index contributed by atoms with van der Waals surface area (Å²) < 4.78 is 0.242. The topological polar surface area (TPSA) is 81.9 Å². The standard InChI is InChI=1S/C39H35N6O/c1-27(28-12-4-2-5-13-28)45(36(24-46)29-14-6-3-7-15-29)26-43-37-38(45)44-39(25-42-37,32-18-8-20-34-30(32)16-10-22-40-34)33-19-9-21-35-31(33)17-11-23-41-35/h2-23,25-27,34,36,40,44,46H,24H2,1H3/q+1/t27?,34?,36?,39?,45-/m1/s1. The monoisotopic (exact) mass is 603 g/mol. The average molecular weight is 604 g/mol. The molecule has 0 radical (unpaired) electrons. The molecule has 4 aromatic rings. The Morgan fingerprint density at radius 2 is 1.67 bits per heavy atom. The Labute approximate surface area is 268 Å². The first kappa shape index (κ1) is 28.1. The zero-order chi connectivity index (χ0) is 31.1. The molecular formula is C39H35N6O+. The van der Waals surface area contributed by atoms with Crippen molar-refractivity contribution in [2.75, 3.05) is 6.61 Å². The highest BCUT2D eigenvalue weighted by molar-refractivity contribution is 5.93. The molecule has 8 rings (SSSR count). The highest BCUT2D eigenvalue weighted by atomic mass is 16.3. The summed E-state index contributed by atoms with van der Waals surface area (Å²) in [6.07, 6.45) is 18.5. The lowest BCUT2D eigenvalue weighted by Crippen LogP contribution is -2.59. The van der Waals surface area contributed by atoms with Crippen molar-refractivity contribution in [1.29, 1.82) is 0 Å². The number of aliphatic hydroxyl groups is 1. The number of aromatic nitrogens is 1. The summed E-state index contributed by atoms with van der Waals surface area (Å²) in [6.45, 7) is 2.12. The quantitative estimate of drug-likeness (QED) is 0.211. The fraction of sp³-hybridized carbons (Fsp3) is 0.154. The summed E-state index contributed by atoms with van der Waals surface area (Å²) in [6, 6.07) is 30.7. The maximum absolute atomic E-state index is 11.3. The molecule has 3 aromatic carbocycles. The average Bonchev–Trinajstić information content (AvgIpc) is 3.50. The molecule has 0 amide bonds. The van der Waals surface area contributed by atoms with Crippen molar-refractivity contribution >= 4 is 23.5 Å². The Kier molecular flexibility index (Phi) is 6.86. The molecule has 4 aliphatic rings. The van der Waals surface area contributed by atoms with Crippen LogP contribution in [0, 0.1) is 0 Å². The normalized spacial score (nSPS) is 25.7. The van der Waals surface area contributed by atoms with Crippen LogP contribution in [-0.4, -0.2) is 39.8 Å². The van der Waals surface area contributed by atoms with E-state index >= 15 is 0 Å². The number of aliphatic imine (C=N–C) groups is 2. The van der Waals surface area contributed by atoms with E-state index in [1.165, 1.54) is 0 Å². The number of pyridine rings is 1. The third-order valence-electron chi connectivity index (χ3n) is 9.82. The molecule has 1 aliphatic carbocycles. The van der Waals surface area contributed by atoms with Crippen LogP contribution in [-0.2, 0) is 5.54 Å². The summed E-state index contributed by atoms with van der Waals surface area (Å²) in [5.74, 6) is 1.46. The molecule has 0 saturated heterocycles. The van der Waals surface area contributed by atoms with Crippen LogP contribution in [0.3, 0.4) is 0 Å². The molecule has 226 valence electrons. The fourth-order valence-electron chi connectivity index (χ4n) is 7.51. The lowest BCUT2D eigenvalue weighted by Gasteiger charge is -2.48. The Morgan fingerprint density at radius 1 is 0.870 bits per heavy atom. The molecule has 0 fully saturated rings. The zero-order valence-electron chi connectivity index (χ0n) is 25.5. The SMILES string of the molecule is CC(c1ccccc1)[N@@+]1(C(CO)c2ccccc2)C=NC2=C1NC(C1=CC=CC3NC=CC=C13)(c1cccc3ncccc13)C=N2. The number of quaternary nitrogens is 1. The largest absolute Gasteiger partial charge is 0.390 e. The van der Waals surface area contributed by atoms with Gasteiger partial charge in [0.15, 0.2) is 6.34 Å². The van der Waals surface area contributed by atoms with Gasteiger partial charge < -0.3 is 15.7 Å². The maximum Gasteiger partial charge on any atom is 0.255 e. The molecule has 1 aromatic heterocycles. The smallest absolute Gasteiger partial charge is 0.255 e. The van der Waals surface area contributed by atoms with Crippen molar-refractivity contribution in [3.63, 3.8) is 0 Å². The molecule has 3 N–H and O–H groups in total. The molecular weight excluding hydrogens is 568 g/mol. The van der Waals surface area contributed by atoms with Crippen molar-refractivity contribution in [2.24, 2.45) is 9.98 Å². The van der Waals surface area contributed by atoms with Crippen molar-refractivity contribution in [3.8, 4) is 0 Å². The van der Waals surface area contributed by atoms with Gasteiger partial charge in [-0.05, 0) is 48.0 Å². The molecule has 4 unspecified atom stereocenters. The predicted molar refractivity (Wildman–Crippen MR) is 183 cm³/mol. The van der Waals surface area contributed by atoms with Gasteiger partial charge >= 0.3 is 0 Å². The van der Waals surface area contributed by atoms with Crippen LogP contribution in [0.5, 0.6) is 0 Å². The van der Waals surface area contributed by atoms with E-state index in [2.05, 4.69) is 103 Å². The number of aliphatic hydroxyl groups excluding tert-OH is 1. The number of benzene rings is 3. The summed E-state index contributed by atoms with van der Waals surface area (Å²) >= 11 is 0. The van der Waals surface area contributed by atoms with Gasteiger partial charge in [0.05, 0.1) is 11.6 Å². The van der Waals surface area contributed by atoms with Crippen LogP contribution < -0.4 is 10.6 Å². The van der Waals surface area contributed by atoms with E-state index in [1.54, 1.807) is 0 Å². The van der Waals surface area contributed by atoms with E-state index in [0.29, 0.717) is 5.82 Å². The Bertz CT molecular complexity index is 2020. The van der Waals surface area contributed by atoms with Crippen LogP contribution in [0.1, 0.15) is 35.7 Å².